The molecule has 0 unspecified atom stereocenters. The van der Waals surface area contributed by atoms with E-state index in [4.69, 9.17) is 4.74 Å². The van der Waals surface area contributed by atoms with Gasteiger partial charge in [0.25, 0.3) is 0 Å². The maximum absolute atomic E-state index is 11.6. The maximum atomic E-state index is 11.6. The lowest BCUT2D eigenvalue weighted by Crippen LogP contribution is -2.23. The third kappa shape index (κ3) is 2.43. The van der Waals surface area contributed by atoms with Gasteiger partial charge in [0.2, 0.25) is 0 Å². The normalized spacial score (nSPS) is 15.8. The fourth-order valence-electron chi connectivity index (χ4n) is 2.04. The van der Waals surface area contributed by atoms with Gasteiger partial charge in [-0.1, -0.05) is 0 Å². The highest BCUT2D eigenvalue weighted by atomic mass is 16.5. The second-order valence-electron chi connectivity index (χ2n) is 5.31. The van der Waals surface area contributed by atoms with Crippen LogP contribution in [-0.2, 0) is 6.42 Å². The van der Waals surface area contributed by atoms with Crippen molar-refractivity contribution in [2.75, 3.05) is 0 Å². The Labute approximate surface area is 96.6 Å². The highest BCUT2D eigenvalue weighted by Gasteiger charge is 2.19. The van der Waals surface area contributed by atoms with Crippen LogP contribution in [0.2, 0.25) is 0 Å². The molecule has 1 aromatic rings. The Balaban J connectivity index is 2.29. The molecule has 1 aliphatic carbocycles. The number of carbonyl (C=O) groups is 1. The number of Topliss-reactive ketones (excluding diaryl/α,β-unsaturated/α-hetero) is 1. The minimum Gasteiger partial charge on any atom is -0.488 e. The first-order valence-corrected chi connectivity index (χ1v) is 5.81. The van der Waals surface area contributed by atoms with E-state index in [0.29, 0.717) is 6.42 Å². The van der Waals surface area contributed by atoms with Gasteiger partial charge in [0, 0.05) is 12.0 Å². The van der Waals surface area contributed by atoms with Crippen molar-refractivity contribution in [2.45, 2.75) is 45.6 Å². The molecule has 16 heavy (non-hydrogen) atoms. The van der Waals surface area contributed by atoms with Crippen LogP contribution < -0.4 is 4.74 Å². The minimum absolute atomic E-state index is 0.188. The highest BCUT2D eigenvalue weighted by Crippen LogP contribution is 2.27. The maximum Gasteiger partial charge on any atom is 0.163 e. The molecule has 0 aliphatic heterocycles. The van der Waals surface area contributed by atoms with E-state index in [2.05, 4.69) is 0 Å². The molecule has 1 aromatic carbocycles. The standard InChI is InChI=1S/C14H18O2/c1-14(2,3)16-11-7-8-12-10(9-11)5-4-6-13(12)15/h7-9H,4-6H2,1-3H3. The van der Waals surface area contributed by atoms with Crippen molar-refractivity contribution < 1.29 is 9.53 Å². The van der Waals surface area contributed by atoms with Gasteiger partial charge in [0.05, 0.1) is 0 Å². The molecule has 0 amide bonds. The summed E-state index contributed by atoms with van der Waals surface area (Å²) in [6.45, 7) is 6.08. The number of aryl methyl sites for hydroxylation is 1. The lowest BCUT2D eigenvalue weighted by Gasteiger charge is -2.23. The van der Waals surface area contributed by atoms with Crippen LogP contribution >= 0.6 is 0 Å². The predicted molar refractivity (Wildman–Crippen MR) is 64.1 cm³/mol. The molecular weight excluding hydrogens is 200 g/mol. The van der Waals surface area contributed by atoms with Crippen LogP contribution in [0, 0.1) is 0 Å². The first-order chi connectivity index (χ1) is 7.46. The Kier molecular flexibility index (Phi) is 2.75. The molecule has 2 nitrogen and oxygen atoms in total. The van der Waals surface area contributed by atoms with E-state index in [1.807, 2.05) is 39.0 Å². The van der Waals surface area contributed by atoms with E-state index in [0.717, 1.165) is 29.7 Å². The topological polar surface area (TPSA) is 26.3 Å². The summed E-state index contributed by atoms with van der Waals surface area (Å²) in [5.74, 6) is 1.13. The number of ether oxygens (including phenoxy) is 1. The quantitative estimate of drug-likeness (QED) is 0.722. The number of rotatable bonds is 1. The van der Waals surface area contributed by atoms with Crippen LogP contribution in [0.3, 0.4) is 0 Å². The van der Waals surface area contributed by atoms with Gasteiger partial charge in [0.15, 0.2) is 5.78 Å². The van der Waals surface area contributed by atoms with Crippen molar-refractivity contribution in [2.24, 2.45) is 0 Å². The third-order valence-electron chi connectivity index (χ3n) is 2.65. The molecule has 0 fully saturated rings. The van der Waals surface area contributed by atoms with Crippen LogP contribution in [0.15, 0.2) is 18.2 Å². The molecule has 0 saturated carbocycles. The molecule has 0 spiro atoms. The lowest BCUT2D eigenvalue weighted by atomic mass is 9.90. The van der Waals surface area contributed by atoms with E-state index >= 15 is 0 Å². The number of benzene rings is 1. The van der Waals surface area contributed by atoms with E-state index in [1.54, 1.807) is 0 Å². The van der Waals surface area contributed by atoms with Crippen molar-refractivity contribution in [3.05, 3.63) is 29.3 Å². The second-order valence-corrected chi connectivity index (χ2v) is 5.31. The Morgan fingerprint density at radius 2 is 1.94 bits per heavy atom. The fraction of sp³-hybridized carbons (Fsp3) is 0.500. The molecule has 0 saturated heterocycles. The Bertz CT molecular complexity index is 413. The molecule has 0 atom stereocenters. The molecule has 2 heteroatoms. The Hall–Kier alpha value is -1.31. The van der Waals surface area contributed by atoms with Gasteiger partial charge in [-0.25, -0.2) is 0 Å². The van der Waals surface area contributed by atoms with Crippen molar-refractivity contribution in [1.29, 1.82) is 0 Å². The van der Waals surface area contributed by atoms with Gasteiger partial charge in [-0.15, -0.1) is 0 Å². The number of hydrogen-bond acceptors (Lipinski definition) is 2. The van der Waals surface area contributed by atoms with Crippen molar-refractivity contribution in [3.63, 3.8) is 0 Å². The summed E-state index contributed by atoms with van der Waals surface area (Å²) >= 11 is 0. The highest BCUT2D eigenvalue weighted by molar-refractivity contribution is 5.98. The van der Waals surface area contributed by atoms with Crippen molar-refractivity contribution in [3.8, 4) is 5.75 Å². The first kappa shape index (κ1) is 11.2. The van der Waals surface area contributed by atoms with Crippen LogP contribution in [0.4, 0.5) is 0 Å². The average Bonchev–Trinajstić information content (AvgIpc) is 2.15. The zero-order chi connectivity index (χ0) is 11.8. The van der Waals surface area contributed by atoms with E-state index in [9.17, 15) is 4.79 Å². The van der Waals surface area contributed by atoms with E-state index in [-0.39, 0.29) is 11.4 Å². The van der Waals surface area contributed by atoms with Crippen molar-refractivity contribution >= 4 is 5.78 Å². The van der Waals surface area contributed by atoms with Gasteiger partial charge in [-0.3, -0.25) is 4.79 Å². The SMILES string of the molecule is CC(C)(C)Oc1ccc2c(c1)CCCC2=O. The van der Waals surface area contributed by atoms with Crippen molar-refractivity contribution in [1.82, 2.24) is 0 Å². The van der Waals surface area contributed by atoms with Gasteiger partial charge >= 0.3 is 0 Å². The minimum atomic E-state index is -0.188. The number of carbonyl (C=O) groups excluding carboxylic acids is 1. The second kappa shape index (κ2) is 3.93. The van der Waals surface area contributed by atoms with Gasteiger partial charge < -0.3 is 4.74 Å². The molecule has 1 aliphatic rings. The first-order valence-electron chi connectivity index (χ1n) is 5.81. The number of ketones is 1. The summed E-state index contributed by atoms with van der Waals surface area (Å²) < 4.78 is 5.79. The monoisotopic (exact) mass is 218 g/mol. The molecule has 2 rings (SSSR count). The fourth-order valence-corrected chi connectivity index (χ4v) is 2.04. The smallest absolute Gasteiger partial charge is 0.163 e. The number of fused-ring (bicyclic) bond motifs is 1. The Morgan fingerprint density at radius 1 is 1.19 bits per heavy atom. The van der Waals surface area contributed by atoms with E-state index in [1.165, 1.54) is 0 Å². The third-order valence-corrected chi connectivity index (χ3v) is 2.65. The van der Waals surface area contributed by atoms with Gasteiger partial charge in [-0.05, 0) is 57.4 Å². The largest absolute Gasteiger partial charge is 0.488 e. The molecular formula is C14H18O2. The van der Waals surface area contributed by atoms with Gasteiger partial charge in [0.1, 0.15) is 11.4 Å². The molecule has 0 radical (unpaired) electrons. The lowest BCUT2D eigenvalue weighted by molar-refractivity contribution is 0.0972. The summed E-state index contributed by atoms with van der Waals surface area (Å²) in [4.78, 5) is 11.6. The molecule has 0 N–H and O–H groups in total. The molecule has 86 valence electrons. The summed E-state index contributed by atoms with van der Waals surface area (Å²) in [7, 11) is 0. The predicted octanol–water partition coefficient (Wildman–Crippen LogP) is 3.38. The Morgan fingerprint density at radius 3 is 2.62 bits per heavy atom. The molecule has 0 aromatic heterocycles. The van der Waals surface area contributed by atoms with Gasteiger partial charge in [-0.2, -0.15) is 0 Å². The zero-order valence-corrected chi connectivity index (χ0v) is 10.2. The molecule has 0 bridgehead atoms. The molecule has 0 heterocycles. The number of hydrogen-bond donors (Lipinski definition) is 0. The van der Waals surface area contributed by atoms with Crippen LogP contribution in [-0.4, -0.2) is 11.4 Å². The summed E-state index contributed by atoms with van der Waals surface area (Å²) in [5.41, 5.74) is 1.83. The average molecular weight is 218 g/mol. The summed E-state index contributed by atoms with van der Waals surface area (Å²) in [5, 5.41) is 0. The van der Waals surface area contributed by atoms with Crippen LogP contribution in [0.5, 0.6) is 5.75 Å². The van der Waals surface area contributed by atoms with E-state index < -0.39 is 0 Å². The zero-order valence-electron chi connectivity index (χ0n) is 10.2. The summed E-state index contributed by atoms with van der Waals surface area (Å²) in [6.07, 6.45) is 2.64. The van der Waals surface area contributed by atoms with Crippen LogP contribution in [0.25, 0.3) is 0 Å². The summed E-state index contributed by atoms with van der Waals surface area (Å²) in [6, 6.07) is 5.81. The van der Waals surface area contributed by atoms with Crippen LogP contribution in [0.1, 0.15) is 49.5 Å².